The third-order valence-electron chi connectivity index (χ3n) is 13.7. The van der Waals surface area contributed by atoms with Crippen LogP contribution in [0.5, 0.6) is 11.5 Å². The molecular formula is C68H76FN11O22S3. The zero-order valence-corrected chi connectivity index (χ0v) is 59.2. The number of carbonyl (C=O) groups is 2. The number of halogens is 1. The number of hydrogen-bond donors (Lipinski definition) is 5. The standard InChI is InChI=1S/C30H30N4O8S.C21H11NO5S.C9H19N3O6S.C8H16FN3O3/c31-34-32-9-11-40-13-15-41-14-12-39-10-1-2-28(43)33-19-3-6-22(25(16-19)30(37)38)29-23-7-4-20(35)17-26(23)42-27-18-21(36)5-8-24(27)29;23-12-2-5-15-18(8-12)27-19-9-13(24)3-6-16(19)20(15)14-4-1-11(22-10-28)7-17(14)21(25)26;1-19(13,14)18-9-8-17-7-6-16-5-4-15-3-2-11-12-10;9-1-3-13-5-7-15-8-6-14-4-2-11-12-10/h3-8,16-18,35H,1-2,9-15H2,(H,33,43)(H,37,38);1-9,23H,(H,25,26);2-9H2,1H3;1-8H2. The van der Waals surface area contributed by atoms with Gasteiger partial charge in [-0.15, -0.1) is 0 Å². The first-order valence-electron chi connectivity index (χ1n) is 32.0. The van der Waals surface area contributed by atoms with Crippen LogP contribution >= 0.6 is 24.4 Å². The summed E-state index contributed by atoms with van der Waals surface area (Å²) in [5, 5.41) is 56.2. The number of aromatic hydroxyl groups is 2. The summed E-state index contributed by atoms with van der Waals surface area (Å²) in [5.41, 5.74) is 28.3. The van der Waals surface area contributed by atoms with Gasteiger partial charge in [-0.3, -0.25) is 13.8 Å². The third-order valence-corrected chi connectivity index (χ3v) is 14.7. The number of ether oxygens (including phenoxy) is 9. The summed E-state index contributed by atoms with van der Waals surface area (Å²) in [4.78, 5) is 60.3. The number of hydrogen-bond acceptors (Lipinski definition) is 26. The molecule has 0 atom stereocenters. The van der Waals surface area contributed by atoms with E-state index in [1.165, 1.54) is 60.7 Å². The van der Waals surface area contributed by atoms with Gasteiger partial charge in [0.15, 0.2) is 10.9 Å². The van der Waals surface area contributed by atoms with Gasteiger partial charge in [-0.1, -0.05) is 39.7 Å². The van der Waals surface area contributed by atoms with Crippen molar-refractivity contribution in [1.29, 1.82) is 0 Å². The van der Waals surface area contributed by atoms with Crippen molar-refractivity contribution in [3.8, 4) is 56.4 Å². The number of fused-ring (bicyclic) bond motifs is 4. The molecule has 2 aliphatic heterocycles. The Morgan fingerprint density at radius 2 is 0.914 bits per heavy atom. The molecule has 0 bridgehead atoms. The van der Waals surface area contributed by atoms with Crippen LogP contribution in [0.3, 0.4) is 0 Å². The van der Waals surface area contributed by atoms with Crippen LogP contribution in [-0.4, -0.2) is 209 Å². The summed E-state index contributed by atoms with van der Waals surface area (Å²) >= 11 is 10.1. The molecule has 2 aliphatic carbocycles. The fraction of sp³-hybridized carbons (Fsp3) is 0.382. The molecule has 37 heteroatoms. The highest BCUT2D eigenvalue weighted by Crippen LogP contribution is 2.44. The quantitative estimate of drug-likeness (QED) is 0.00346. The zero-order chi connectivity index (χ0) is 76.0. The molecule has 4 aromatic rings. The van der Waals surface area contributed by atoms with Crippen molar-refractivity contribution in [2.45, 2.75) is 12.8 Å². The molecule has 0 fully saturated rings. The predicted molar refractivity (Wildman–Crippen MR) is 393 cm³/mol. The summed E-state index contributed by atoms with van der Waals surface area (Å²) in [5.74, 6) is -1.74. The maximum absolute atomic E-state index is 12.4. The third kappa shape index (κ3) is 31.8. The number of rotatable bonds is 43. The van der Waals surface area contributed by atoms with Gasteiger partial charge in [0.1, 0.15) is 40.9 Å². The number of alkyl halides is 1. The second kappa shape index (κ2) is 48.8. The lowest BCUT2D eigenvalue weighted by atomic mass is 9.90. The number of phenols is 2. The van der Waals surface area contributed by atoms with Crippen molar-refractivity contribution in [3.05, 3.63) is 172 Å². The number of benzene rings is 6. The Balaban J connectivity index is 0.000000274. The predicted octanol–water partition coefficient (Wildman–Crippen LogP) is 12.2. The van der Waals surface area contributed by atoms with E-state index in [0.717, 1.165) is 6.26 Å². The average molecular weight is 1510 g/mol. The Kier molecular flexibility index (Phi) is 39.7. The monoisotopic (exact) mass is 1510 g/mol. The number of nitrogens with zero attached hydrogens (tertiary/aromatic N) is 10. The van der Waals surface area contributed by atoms with E-state index in [1.807, 2.05) is 0 Å². The zero-order valence-electron chi connectivity index (χ0n) is 56.8. The van der Waals surface area contributed by atoms with Crippen molar-refractivity contribution in [1.82, 2.24) is 0 Å². The summed E-state index contributed by atoms with van der Waals surface area (Å²) < 4.78 is 95.5. The Bertz CT molecular complexity index is 4490. The number of aromatic carboxylic acids is 2. The van der Waals surface area contributed by atoms with Gasteiger partial charge >= 0.3 is 11.9 Å². The number of anilines is 1. The second-order valence-electron chi connectivity index (χ2n) is 21.2. The van der Waals surface area contributed by atoms with Crippen molar-refractivity contribution in [2.75, 3.05) is 163 Å². The van der Waals surface area contributed by atoms with E-state index in [0.29, 0.717) is 210 Å². The SMILES string of the molecule is CS(=O)(=O)OCCOCCOCCOCCN=[N+]=[N-].O=C(O)c1cc(N=C=S)ccc1-c1c2ccc(=O)cc-2oc2cc(O)ccc12.[N-]=[N+]=NCCOCCOCCOCCCC(=S)Nc1ccc(-c2c3ccc(=O)cc-3oc3cc(O)ccc23)c(C(=O)O)c1.[N-]=[N+]=NCCOCCOCCOCCF. The highest BCUT2D eigenvalue weighted by molar-refractivity contribution is 7.86. The molecule has 0 amide bonds. The number of carboxylic acids is 2. The van der Waals surface area contributed by atoms with Crippen LogP contribution in [0.15, 0.2) is 148 Å². The summed E-state index contributed by atoms with van der Waals surface area (Å²) in [6.07, 6.45) is 2.19. The van der Waals surface area contributed by atoms with Gasteiger partial charge < -0.3 is 77.2 Å². The molecule has 2 heterocycles. The molecule has 4 aromatic carbocycles. The second-order valence-corrected chi connectivity index (χ2v) is 23.5. The molecule has 105 heavy (non-hydrogen) atoms. The first-order valence-corrected chi connectivity index (χ1v) is 34.6. The molecule has 0 saturated heterocycles. The molecular weight excluding hydrogens is 1440 g/mol. The van der Waals surface area contributed by atoms with Gasteiger partial charge in [0.25, 0.3) is 10.1 Å². The smallest absolute Gasteiger partial charge is 0.336 e. The van der Waals surface area contributed by atoms with Gasteiger partial charge in [0.05, 0.1) is 152 Å². The highest BCUT2D eigenvalue weighted by Gasteiger charge is 2.25. The van der Waals surface area contributed by atoms with Crippen LogP contribution in [-0.2, 0) is 56.9 Å². The summed E-state index contributed by atoms with van der Waals surface area (Å²) in [7, 11) is -3.40. The Morgan fingerprint density at radius 3 is 1.32 bits per heavy atom. The van der Waals surface area contributed by atoms with E-state index in [2.05, 4.69) is 61.9 Å². The number of nitrogens with one attached hydrogen (secondary N) is 1. The first kappa shape index (κ1) is 85.5. The van der Waals surface area contributed by atoms with Crippen LogP contribution < -0.4 is 16.2 Å². The molecule has 0 radical (unpaired) electrons. The van der Waals surface area contributed by atoms with Crippen LogP contribution in [0.1, 0.15) is 33.6 Å². The van der Waals surface area contributed by atoms with Crippen molar-refractivity contribution >= 4 is 90.0 Å². The van der Waals surface area contributed by atoms with Crippen LogP contribution in [0, 0.1) is 0 Å². The normalized spacial score (nSPS) is 10.8. The lowest BCUT2D eigenvalue weighted by molar-refractivity contribution is 0.0110. The van der Waals surface area contributed by atoms with Gasteiger partial charge in [-0.05, 0) is 119 Å². The molecule has 8 rings (SSSR count). The van der Waals surface area contributed by atoms with E-state index in [-0.39, 0.29) is 64.8 Å². The lowest BCUT2D eigenvalue weighted by Gasteiger charge is -2.17. The van der Waals surface area contributed by atoms with Crippen molar-refractivity contribution in [3.63, 3.8) is 0 Å². The van der Waals surface area contributed by atoms with Crippen LogP contribution in [0.25, 0.3) is 98.2 Å². The number of carboxylic acid groups (broad SMARTS) is 2. The summed E-state index contributed by atoms with van der Waals surface area (Å²) in [6.45, 7) is 7.34. The van der Waals surface area contributed by atoms with Crippen LogP contribution in [0.4, 0.5) is 15.8 Å². The van der Waals surface area contributed by atoms with E-state index >= 15 is 0 Å². The number of phenolic OH excluding ortho intramolecular Hbond substituents is 2. The maximum atomic E-state index is 12.4. The van der Waals surface area contributed by atoms with E-state index < -0.39 is 28.7 Å². The van der Waals surface area contributed by atoms with Gasteiger partial charge in [0, 0.05) is 110 Å². The first-order chi connectivity index (χ1) is 50.8. The minimum absolute atomic E-state index is 0.00134. The summed E-state index contributed by atoms with van der Waals surface area (Å²) in [6, 6.07) is 27.4. The number of azide groups is 3. The maximum Gasteiger partial charge on any atom is 0.336 e. The van der Waals surface area contributed by atoms with Gasteiger partial charge in [-0.2, -0.15) is 13.4 Å². The Hall–Kier alpha value is -10.1. The molecule has 0 unspecified atom stereocenters. The molecule has 33 nitrogen and oxygen atoms in total. The number of isothiocyanates is 1. The molecule has 560 valence electrons. The van der Waals surface area contributed by atoms with E-state index in [9.17, 15) is 52.4 Å². The van der Waals surface area contributed by atoms with Crippen molar-refractivity contribution < 1.29 is 98.5 Å². The van der Waals surface area contributed by atoms with Crippen molar-refractivity contribution in [2.24, 2.45) is 20.3 Å². The fourth-order valence-electron chi connectivity index (χ4n) is 9.30. The lowest BCUT2D eigenvalue weighted by Crippen LogP contribution is -2.13. The topological polar surface area (TPSA) is 473 Å². The molecule has 5 N–H and O–H groups in total. The Morgan fingerprint density at radius 1 is 0.524 bits per heavy atom. The number of aliphatic imine (C=N–C) groups is 1. The Labute approximate surface area is 610 Å². The van der Waals surface area contributed by atoms with Gasteiger partial charge in [-0.25, -0.2) is 14.0 Å². The van der Waals surface area contributed by atoms with E-state index in [1.54, 1.807) is 48.5 Å². The molecule has 0 spiro atoms. The highest BCUT2D eigenvalue weighted by atomic mass is 32.2. The van der Waals surface area contributed by atoms with E-state index in [4.69, 9.17) is 80.3 Å². The minimum atomic E-state index is -3.40. The van der Waals surface area contributed by atoms with Crippen LogP contribution in [0.2, 0.25) is 0 Å². The minimum Gasteiger partial charge on any atom is -0.508 e. The molecule has 4 aliphatic rings. The van der Waals surface area contributed by atoms with Gasteiger partial charge in [0.2, 0.25) is 0 Å². The largest absolute Gasteiger partial charge is 0.508 e. The average Bonchev–Trinajstić information content (AvgIpc) is 0.757. The molecule has 0 aromatic heterocycles. The molecule has 0 saturated carbocycles. The fourth-order valence-corrected chi connectivity index (χ4v) is 10.0. The number of thiocarbonyl (C=S) groups is 2.